The zero-order valence-electron chi connectivity index (χ0n) is 15.0. The van der Waals surface area contributed by atoms with Gasteiger partial charge in [0, 0.05) is 30.7 Å². The SMILES string of the molecule is CC1CCN(C)c2ccc(-c3ccc(-c4ccc(C(=O)O)cc4)[nH]3)cc21. The first-order valence-corrected chi connectivity index (χ1v) is 8.91. The molecular formula is C22H22N2O2. The second kappa shape index (κ2) is 6.37. The lowest BCUT2D eigenvalue weighted by molar-refractivity contribution is 0.0697. The maximum atomic E-state index is 11.0. The zero-order valence-corrected chi connectivity index (χ0v) is 15.0. The second-order valence-corrected chi connectivity index (χ2v) is 7.05. The van der Waals surface area contributed by atoms with Gasteiger partial charge < -0.3 is 15.0 Å². The normalized spacial score (nSPS) is 16.4. The molecule has 0 aliphatic carbocycles. The van der Waals surface area contributed by atoms with Crippen LogP contribution in [0.2, 0.25) is 0 Å². The summed E-state index contributed by atoms with van der Waals surface area (Å²) in [4.78, 5) is 16.8. The van der Waals surface area contributed by atoms with Gasteiger partial charge in [0.2, 0.25) is 0 Å². The van der Waals surface area contributed by atoms with E-state index in [1.165, 1.54) is 23.2 Å². The van der Waals surface area contributed by atoms with Crippen molar-refractivity contribution in [3.05, 3.63) is 65.7 Å². The van der Waals surface area contributed by atoms with Crippen LogP contribution in [0.1, 0.15) is 35.2 Å². The van der Waals surface area contributed by atoms with Crippen molar-refractivity contribution >= 4 is 11.7 Å². The Morgan fingerprint density at radius 3 is 2.38 bits per heavy atom. The van der Waals surface area contributed by atoms with Crippen LogP contribution >= 0.6 is 0 Å². The molecule has 0 radical (unpaired) electrons. The lowest BCUT2D eigenvalue weighted by Crippen LogP contribution is -2.26. The van der Waals surface area contributed by atoms with E-state index in [4.69, 9.17) is 5.11 Å². The number of carbonyl (C=O) groups is 1. The van der Waals surface area contributed by atoms with Gasteiger partial charge in [0.15, 0.2) is 0 Å². The summed E-state index contributed by atoms with van der Waals surface area (Å²) in [6.07, 6.45) is 1.18. The summed E-state index contributed by atoms with van der Waals surface area (Å²) < 4.78 is 0. The highest BCUT2D eigenvalue weighted by molar-refractivity contribution is 5.88. The van der Waals surface area contributed by atoms with E-state index in [1.807, 2.05) is 18.2 Å². The molecule has 4 rings (SSSR count). The third kappa shape index (κ3) is 2.88. The van der Waals surface area contributed by atoms with Crippen LogP contribution in [0.15, 0.2) is 54.6 Å². The summed E-state index contributed by atoms with van der Waals surface area (Å²) in [6, 6.07) is 17.7. The third-order valence-corrected chi connectivity index (χ3v) is 5.31. The highest BCUT2D eigenvalue weighted by Crippen LogP contribution is 2.37. The predicted molar refractivity (Wildman–Crippen MR) is 105 cm³/mol. The number of fused-ring (bicyclic) bond motifs is 1. The molecule has 4 nitrogen and oxygen atoms in total. The summed E-state index contributed by atoms with van der Waals surface area (Å²) in [7, 11) is 2.15. The molecule has 2 N–H and O–H groups in total. The van der Waals surface area contributed by atoms with E-state index in [0.717, 1.165) is 23.5 Å². The first-order valence-electron chi connectivity index (χ1n) is 8.91. The number of hydrogen-bond acceptors (Lipinski definition) is 2. The number of hydrogen-bond donors (Lipinski definition) is 2. The van der Waals surface area contributed by atoms with Gasteiger partial charge in [-0.15, -0.1) is 0 Å². The zero-order chi connectivity index (χ0) is 18.3. The summed E-state index contributed by atoms with van der Waals surface area (Å²) in [5.41, 5.74) is 7.24. The number of rotatable bonds is 3. The summed E-state index contributed by atoms with van der Waals surface area (Å²) in [5, 5.41) is 9.02. The van der Waals surface area contributed by atoms with E-state index < -0.39 is 5.97 Å². The lowest BCUT2D eigenvalue weighted by atomic mass is 9.90. The molecule has 0 bridgehead atoms. The van der Waals surface area contributed by atoms with E-state index in [2.05, 4.69) is 48.1 Å². The van der Waals surface area contributed by atoms with Gasteiger partial charge in [0.25, 0.3) is 0 Å². The van der Waals surface area contributed by atoms with Gasteiger partial charge in [0.05, 0.1) is 5.56 Å². The Bertz CT molecular complexity index is 957. The quantitative estimate of drug-likeness (QED) is 0.702. The molecule has 2 aromatic carbocycles. The standard InChI is InChI=1S/C22H22N2O2/c1-14-11-12-24(2)21-10-7-17(13-18(14)21)20-9-8-19(23-20)15-3-5-16(6-4-15)22(25)26/h3-10,13-14,23H,11-12H2,1-2H3,(H,25,26). The summed E-state index contributed by atoms with van der Waals surface area (Å²) in [6.45, 7) is 3.40. The van der Waals surface area contributed by atoms with Gasteiger partial charge in [-0.25, -0.2) is 4.79 Å². The van der Waals surface area contributed by atoms with Crippen molar-refractivity contribution in [2.75, 3.05) is 18.5 Å². The molecule has 1 atom stereocenters. The molecule has 2 heterocycles. The van der Waals surface area contributed by atoms with Crippen LogP contribution in [0.3, 0.4) is 0 Å². The second-order valence-electron chi connectivity index (χ2n) is 7.05. The smallest absolute Gasteiger partial charge is 0.335 e. The van der Waals surface area contributed by atoms with Crippen molar-refractivity contribution in [2.45, 2.75) is 19.3 Å². The largest absolute Gasteiger partial charge is 0.478 e. The number of nitrogens with one attached hydrogen (secondary N) is 1. The average molecular weight is 346 g/mol. The molecule has 1 aliphatic rings. The van der Waals surface area contributed by atoms with E-state index >= 15 is 0 Å². The molecule has 3 aromatic rings. The van der Waals surface area contributed by atoms with Crippen LogP contribution < -0.4 is 4.90 Å². The van der Waals surface area contributed by atoms with Crippen LogP contribution in [0.25, 0.3) is 22.5 Å². The first kappa shape index (κ1) is 16.5. The predicted octanol–water partition coefficient (Wildman–Crippen LogP) is 4.99. The Balaban J connectivity index is 1.66. The lowest BCUT2D eigenvalue weighted by Gasteiger charge is -2.31. The highest BCUT2D eigenvalue weighted by atomic mass is 16.4. The monoisotopic (exact) mass is 346 g/mol. The van der Waals surface area contributed by atoms with Crippen LogP contribution in [0, 0.1) is 0 Å². The molecule has 4 heteroatoms. The van der Waals surface area contributed by atoms with Gasteiger partial charge in [-0.3, -0.25) is 0 Å². The van der Waals surface area contributed by atoms with Crippen molar-refractivity contribution in [1.82, 2.24) is 4.98 Å². The van der Waals surface area contributed by atoms with Crippen LogP contribution in [0.4, 0.5) is 5.69 Å². The average Bonchev–Trinajstić information content (AvgIpc) is 3.15. The highest BCUT2D eigenvalue weighted by Gasteiger charge is 2.20. The number of anilines is 1. The summed E-state index contributed by atoms with van der Waals surface area (Å²) >= 11 is 0. The fourth-order valence-corrected chi connectivity index (χ4v) is 3.65. The Morgan fingerprint density at radius 2 is 1.69 bits per heavy atom. The number of nitrogens with zero attached hydrogens (tertiary/aromatic N) is 1. The number of benzene rings is 2. The van der Waals surface area contributed by atoms with Crippen molar-refractivity contribution in [2.24, 2.45) is 0 Å². The van der Waals surface area contributed by atoms with Crippen LogP contribution in [-0.2, 0) is 0 Å². The Morgan fingerprint density at radius 1 is 1.04 bits per heavy atom. The Kier molecular flexibility index (Phi) is 4.03. The number of aromatic carboxylic acids is 1. The van der Waals surface area contributed by atoms with Crippen molar-refractivity contribution in [1.29, 1.82) is 0 Å². The van der Waals surface area contributed by atoms with Gasteiger partial charge >= 0.3 is 5.97 Å². The fourth-order valence-electron chi connectivity index (χ4n) is 3.65. The minimum Gasteiger partial charge on any atom is -0.478 e. The topological polar surface area (TPSA) is 56.3 Å². The van der Waals surface area contributed by atoms with Crippen molar-refractivity contribution in [3.63, 3.8) is 0 Å². The Hall–Kier alpha value is -3.01. The molecule has 0 fully saturated rings. The van der Waals surface area contributed by atoms with Gasteiger partial charge in [0.1, 0.15) is 0 Å². The number of aromatic nitrogens is 1. The van der Waals surface area contributed by atoms with Crippen LogP contribution in [-0.4, -0.2) is 29.7 Å². The van der Waals surface area contributed by atoms with E-state index in [0.29, 0.717) is 11.5 Å². The summed E-state index contributed by atoms with van der Waals surface area (Å²) in [5.74, 6) is -0.337. The molecule has 0 saturated carbocycles. The molecule has 0 saturated heterocycles. The van der Waals surface area contributed by atoms with Crippen molar-refractivity contribution in [3.8, 4) is 22.5 Å². The van der Waals surface area contributed by atoms with Gasteiger partial charge in [-0.2, -0.15) is 0 Å². The number of carboxylic acid groups (broad SMARTS) is 1. The molecule has 26 heavy (non-hydrogen) atoms. The maximum absolute atomic E-state index is 11.0. The minimum atomic E-state index is -0.906. The van der Waals surface area contributed by atoms with Gasteiger partial charge in [-0.1, -0.05) is 25.1 Å². The molecular weight excluding hydrogens is 324 g/mol. The molecule has 0 spiro atoms. The molecule has 0 amide bonds. The molecule has 1 aliphatic heterocycles. The number of carboxylic acids is 1. The number of aromatic amines is 1. The molecule has 1 aromatic heterocycles. The Labute approximate surface area is 153 Å². The van der Waals surface area contributed by atoms with Gasteiger partial charge in [-0.05, 0) is 65.4 Å². The van der Waals surface area contributed by atoms with E-state index in [9.17, 15) is 4.79 Å². The van der Waals surface area contributed by atoms with Crippen LogP contribution in [0.5, 0.6) is 0 Å². The number of H-pyrrole nitrogens is 1. The van der Waals surface area contributed by atoms with E-state index in [1.54, 1.807) is 12.1 Å². The fraction of sp³-hybridized carbons (Fsp3) is 0.227. The first-order chi connectivity index (χ1) is 12.5. The third-order valence-electron chi connectivity index (χ3n) is 5.31. The molecule has 1 unspecified atom stereocenters. The van der Waals surface area contributed by atoms with E-state index in [-0.39, 0.29) is 0 Å². The van der Waals surface area contributed by atoms with Crippen molar-refractivity contribution < 1.29 is 9.90 Å². The minimum absolute atomic E-state index is 0.299. The maximum Gasteiger partial charge on any atom is 0.335 e. The molecule has 132 valence electrons.